The SMILES string of the molecule is Cc1nc2ccc(Br)cc2c(=O)n1N=Cc1ccc(OCC(=O)Nc2ccccc2)c([N+](=O)[O-])c1. The highest BCUT2D eigenvalue weighted by Crippen LogP contribution is 2.27. The van der Waals surface area contributed by atoms with Crippen molar-refractivity contribution in [2.45, 2.75) is 6.92 Å². The average molecular weight is 536 g/mol. The molecule has 0 spiro atoms. The predicted molar refractivity (Wildman–Crippen MR) is 135 cm³/mol. The molecule has 1 aromatic heterocycles. The van der Waals surface area contributed by atoms with Gasteiger partial charge in [0.25, 0.3) is 11.5 Å². The second kappa shape index (κ2) is 10.3. The molecule has 0 bridgehead atoms. The normalized spacial score (nSPS) is 11.0. The lowest BCUT2D eigenvalue weighted by Gasteiger charge is -2.08. The van der Waals surface area contributed by atoms with Gasteiger partial charge in [0.1, 0.15) is 5.82 Å². The Kier molecular flexibility index (Phi) is 6.97. The predicted octanol–water partition coefficient (Wildman–Crippen LogP) is 4.28. The molecule has 4 rings (SSSR count). The number of carbonyl (C=O) groups is 1. The maximum atomic E-state index is 12.9. The molecule has 11 heteroatoms. The van der Waals surface area contributed by atoms with Crippen molar-refractivity contribution in [3.63, 3.8) is 0 Å². The number of para-hydroxylation sites is 1. The lowest BCUT2D eigenvalue weighted by Crippen LogP contribution is -2.20. The number of nitro benzene ring substituents is 1. The van der Waals surface area contributed by atoms with Crippen LogP contribution in [0.4, 0.5) is 11.4 Å². The molecule has 0 aliphatic carbocycles. The molecule has 35 heavy (non-hydrogen) atoms. The maximum Gasteiger partial charge on any atom is 0.311 e. The summed E-state index contributed by atoms with van der Waals surface area (Å²) in [5.74, 6) is -0.165. The van der Waals surface area contributed by atoms with E-state index in [9.17, 15) is 19.7 Å². The van der Waals surface area contributed by atoms with E-state index in [1.807, 2.05) is 6.07 Å². The number of amides is 1. The first-order valence-corrected chi connectivity index (χ1v) is 11.1. The lowest BCUT2D eigenvalue weighted by molar-refractivity contribution is -0.385. The summed E-state index contributed by atoms with van der Waals surface area (Å²) in [5.41, 5.74) is 0.771. The quantitative estimate of drug-likeness (QED) is 0.213. The van der Waals surface area contributed by atoms with Gasteiger partial charge in [-0.15, -0.1) is 0 Å². The number of nitrogens with one attached hydrogen (secondary N) is 1. The average Bonchev–Trinajstić information content (AvgIpc) is 2.84. The Balaban J connectivity index is 1.55. The second-order valence-corrected chi connectivity index (χ2v) is 8.28. The zero-order valence-electron chi connectivity index (χ0n) is 18.3. The van der Waals surface area contributed by atoms with Crippen LogP contribution >= 0.6 is 15.9 Å². The van der Waals surface area contributed by atoms with Crippen molar-refractivity contribution >= 4 is 50.3 Å². The van der Waals surface area contributed by atoms with Gasteiger partial charge >= 0.3 is 5.69 Å². The molecule has 0 unspecified atom stereocenters. The highest BCUT2D eigenvalue weighted by atomic mass is 79.9. The van der Waals surface area contributed by atoms with E-state index >= 15 is 0 Å². The van der Waals surface area contributed by atoms with E-state index in [2.05, 4.69) is 31.3 Å². The number of halogens is 1. The molecule has 1 amide bonds. The summed E-state index contributed by atoms with van der Waals surface area (Å²) in [4.78, 5) is 40.3. The first-order valence-electron chi connectivity index (χ1n) is 10.3. The topological polar surface area (TPSA) is 129 Å². The van der Waals surface area contributed by atoms with Crippen molar-refractivity contribution in [1.82, 2.24) is 9.66 Å². The number of carbonyl (C=O) groups excluding carboxylic acids is 1. The third kappa shape index (κ3) is 5.58. The minimum atomic E-state index is -0.617. The summed E-state index contributed by atoms with van der Waals surface area (Å²) < 4.78 is 7.23. The van der Waals surface area contributed by atoms with Crippen LogP contribution in [0.15, 0.2) is 81.1 Å². The number of anilines is 1. The van der Waals surface area contributed by atoms with Crippen molar-refractivity contribution < 1.29 is 14.5 Å². The van der Waals surface area contributed by atoms with Gasteiger partial charge in [0.2, 0.25) is 0 Å². The third-order valence-electron chi connectivity index (χ3n) is 4.89. The fraction of sp³-hybridized carbons (Fsp3) is 0.0833. The van der Waals surface area contributed by atoms with Gasteiger partial charge in [-0.3, -0.25) is 19.7 Å². The fourth-order valence-corrected chi connectivity index (χ4v) is 3.62. The molecule has 0 saturated carbocycles. The van der Waals surface area contributed by atoms with Gasteiger partial charge in [0, 0.05) is 21.8 Å². The monoisotopic (exact) mass is 535 g/mol. The van der Waals surface area contributed by atoms with E-state index in [1.54, 1.807) is 49.4 Å². The van der Waals surface area contributed by atoms with E-state index in [-0.39, 0.29) is 17.0 Å². The van der Waals surface area contributed by atoms with E-state index < -0.39 is 17.4 Å². The number of fused-ring (bicyclic) bond motifs is 1. The highest BCUT2D eigenvalue weighted by Gasteiger charge is 2.17. The first kappa shape index (κ1) is 23.8. The molecule has 176 valence electrons. The molecule has 3 aromatic carbocycles. The fourth-order valence-electron chi connectivity index (χ4n) is 3.26. The Morgan fingerprint density at radius 1 is 1.20 bits per heavy atom. The summed E-state index contributed by atoms with van der Waals surface area (Å²) >= 11 is 3.34. The Bertz CT molecular complexity index is 1520. The van der Waals surface area contributed by atoms with Crippen LogP contribution in [0.1, 0.15) is 11.4 Å². The van der Waals surface area contributed by atoms with Crippen LogP contribution in [0.2, 0.25) is 0 Å². The molecule has 10 nitrogen and oxygen atoms in total. The van der Waals surface area contributed by atoms with Crippen LogP contribution < -0.4 is 15.6 Å². The number of benzene rings is 3. The molecular weight excluding hydrogens is 518 g/mol. The van der Waals surface area contributed by atoms with Crippen LogP contribution in [0.5, 0.6) is 5.75 Å². The molecule has 0 aliphatic rings. The van der Waals surface area contributed by atoms with Gasteiger partial charge in [-0.25, -0.2) is 4.98 Å². The van der Waals surface area contributed by atoms with E-state index in [1.165, 1.54) is 24.4 Å². The van der Waals surface area contributed by atoms with Crippen molar-refractivity contribution in [1.29, 1.82) is 0 Å². The van der Waals surface area contributed by atoms with E-state index in [4.69, 9.17) is 4.74 Å². The highest BCUT2D eigenvalue weighted by molar-refractivity contribution is 9.10. The molecule has 4 aromatic rings. The summed E-state index contributed by atoms with van der Waals surface area (Å²) in [6.07, 6.45) is 1.32. The minimum Gasteiger partial charge on any atom is -0.477 e. The number of aromatic nitrogens is 2. The molecule has 0 saturated heterocycles. The molecule has 0 radical (unpaired) electrons. The van der Waals surface area contributed by atoms with Gasteiger partial charge in [0.15, 0.2) is 12.4 Å². The summed E-state index contributed by atoms with van der Waals surface area (Å²) in [6.45, 7) is 1.23. The largest absolute Gasteiger partial charge is 0.477 e. The van der Waals surface area contributed by atoms with Gasteiger partial charge in [-0.1, -0.05) is 34.1 Å². The molecule has 1 N–H and O–H groups in total. The van der Waals surface area contributed by atoms with Gasteiger partial charge in [-0.2, -0.15) is 9.78 Å². The summed E-state index contributed by atoms with van der Waals surface area (Å²) in [6, 6.07) is 18.1. The van der Waals surface area contributed by atoms with Crippen LogP contribution in [-0.2, 0) is 4.79 Å². The third-order valence-corrected chi connectivity index (χ3v) is 5.38. The van der Waals surface area contributed by atoms with Crippen molar-refractivity contribution in [3.8, 4) is 5.75 Å². The van der Waals surface area contributed by atoms with Crippen molar-refractivity contribution in [2.24, 2.45) is 5.10 Å². The summed E-state index contributed by atoms with van der Waals surface area (Å²) in [7, 11) is 0. The number of hydrogen-bond donors (Lipinski definition) is 1. The summed E-state index contributed by atoms with van der Waals surface area (Å²) in [5, 5.41) is 18.8. The smallest absolute Gasteiger partial charge is 0.311 e. The van der Waals surface area contributed by atoms with Crippen LogP contribution in [0.3, 0.4) is 0 Å². The van der Waals surface area contributed by atoms with Gasteiger partial charge in [-0.05, 0) is 49.4 Å². The first-order chi connectivity index (χ1) is 16.8. The standard InChI is InChI=1S/C24H18BrN5O5/c1-15-27-20-9-8-17(25)12-19(20)24(32)29(15)26-13-16-7-10-22(21(11-16)30(33)34)35-14-23(31)28-18-5-3-2-4-6-18/h2-13H,14H2,1H3,(H,28,31). The number of nitrogens with zero attached hydrogens (tertiary/aromatic N) is 4. The maximum absolute atomic E-state index is 12.9. The zero-order chi connectivity index (χ0) is 24.9. The molecule has 0 fully saturated rings. The van der Waals surface area contributed by atoms with Crippen LogP contribution in [-0.4, -0.2) is 33.3 Å². The molecular formula is C24H18BrN5O5. The van der Waals surface area contributed by atoms with Crippen molar-refractivity contribution in [3.05, 3.63) is 103 Å². The van der Waals surface area contributed by atoms with E-state index in [0.29, 0.717) is 28.0 Å². The van der Waals surface area contributed by atoms with Gasteiger partial charge < -0.3 is 10.1 Å². The van der Waals surface area contributed by atoms with E-state index in [0.717, 1.165) is 9.15 Å². The number of ether oxygens (including phenoxy) is 1. The number of nitro groups is 1. The Morgan fingerprint density at radius 3 is 2.71 bits per heavy atom. The molecule has 1 heterocycles. The zero-order valence-corrected chi connectivity index (χ0v) is 19.9. The Morgan fingerprint density at radius 2 is 1.97 bits per heavy atom. The number of hydrogen-bond acceptors (Lipinski definition) is 7. The van der Waals surface area contributed by atoms with Gasteiger partial charge in [0.05, 0.1) is 22.0 Å². The van der Waals surface area contributed by atoms with Crippen molar-refractivity contribution in [2.75, 3.05) is 11.9 Å². The second-order valence-electron chi connectivity index (χ2n) is 7.37. The molecule has 0 atom stereocenters. The molecule has 0 aliphatic heterocycles. The lowest BCUT2D eigenvalue weighted by atomic mass is 10.2. The number of rotatable bonds is 7. The van der Waals surface area contributed by atoms with Crippen LogP contribution in [0.25, 0.3) is 10.9 Å². The number of aryl methyl sites for hydroxylation is 1. The minimum absolute atomic E-state index is 0.0686. The Labute approximate surface area is 207 Å². The van der Waals surface area contributed by atoms with Crippen LogP contribution in [0, 0.1) is 17.0 Å². The Hall–Kier alpha value is -4.38.